The average molecular weight is 1940 g/mol. The van der Waals surface area contributed by atoms with Crippen molar-refractivity contribution in [1.82, 2.24) is 102 Å². The van der Waals surface area contributed by atoms with E-state index in [-0.39, 0.29) is 17.5 Å². The van der Waals surface area contributed by atoms with Crippen LogP contribution >= 0.6 is 331 Å². The topological polar surface area (TPSA) is 347 Å². The third-order valence-corrected chi connectivity index (χ3v) is 25.2. The average Bonchev–Trinajstić information content (AvgIpc) is 1.86. The Balaban J connectivity index is 0.000000301. The van der Waals surface area contributed by atoms with Crippen molar-refractivity contribution < 1.29 is 14.7 Å². The molecule has 105 heavy (non-hydrogen) atoms. The van der Waals surface area contributed by atoms with Crippen molar-refractivity contribution in [3.05, 3.63) is 184 Å². The normalized spacial score (nSPS) is 9.64. The predicted molar refractivity (Wildman–Crippen MR) is 482 cm³/mol. The number of Topliss-reactive ketones (excluding diaryl/α,β-unsaturated/α-hetero) is 1. The van der Waals surface area contributed by atoms with Crippen LogP contribution in [0.1, 0.15) is 72.5 Å². The number of hydrogen-bond acceptors (Lipinski definition) is 39. The zero-order valence-corrected chi connectivity index (χ0v) is 77.6. The van der Waals surface area contributed by atoms with Gasteiger partial charge in [0.1, 0.15) is 36.3 Å². The van der Waals surface area contributed by atoms with E-state index in [9.17, 15) is 9.59 Å². The fourth-order valence-corrected chi connectivity index (χ4v) is 18.6. The molecule has 0 fully saturated rings. The molecule has 14 rings (SSSR count). The summed E-state index contributed by atoms with van der Waals surface area (Å²) in [5.41, 5.74) is 3.60. The molecule has 14 aromatic rings. The minimum Gasteiger partial charge on any atom is -0.396 e. The number of aromatic amines is 12. The number of nitrogens with one attached hydrogen (secondary N) is 12. The van der Waals surface area contributed by atoms with Crippen LogP contribution < -0.4 is 0 Å². The number of thiol groups is 2. The quantitative estimate of drug-likeness (QED) is 0.0307. The highest BCUT2D eigenvalue weighted by Gasteiger charge is 2.10. The molecule has 0 bridgehead atoms. The number of ketones is 1. The Kier molecular flexibility index (Phi) is 52.8. The van der Waals surface area contributed by atoms with Crippen LogP contribution in [0, 0.1) is 61.3 Å². The van der Waals surface area contributed by atoms with Crippen LogP contribution in [0.25, 0.3) is 0 Å². The Labute approximate surface area is 729 Å². The van der Waals surface area contributed by atoms with E-state index in [1.54, 1.807) is 63.4 Å². The molecule has 12 heterocycles. The van der Waals surface area contributed by atoms with Gasteiger partial charge in [0.2, 0.25) is 5.12 Å². The van der Waals surface area contributed by atoms with Crippen molar-refractivity contribution in [3.8, 4) is 0 Å². The van der Waals surface area contributed by atoms with Crippen molar-refractivity contribution in [2.75, 3.05) is 12.9 Å². The molecule has 0 saturated carbocycles. The molecule has 0 saturated heterocycles. The number of carbonyl (C=O) groups is 2. The van der Waals surface area contributed by atoms with Crippen LogP contribution in [0.3, 0.4) is 0 Å². The van der Waals surface area contributed by atoms with Gasteiger partial charge in [-0.1, -0.05) is 199 Å². The minimum absolute atomic E-state index is 0.0200. The molecule has 0 aliphatic rings. The number of thioether (sulfide) groups is 2. The fraction of sp³-hybridized carbons (Fsp3) is 0.222. The van der Waals surface area contributed by atoms with Gasteiger partial charge in [-0.2, -0.15) is 40.8 Å². The van der Waals surface area contributed by atoms with Crippen molar-refractivity contribution in [1.29, 1.82) is 0 Å². The van der Waals surface area contributed by atoms with E-state index in [2.05, 4.69) is 171 Å². The Hall–Kier alpha value is -3.22. The predicted octanol–water partition coefficient (Wildman–Crippen LogP) is 23.3. The van der Waals surface area contributed by atoms with E-state index in [0.29, 0.717) is 44.0 Å². The lowest BCUT2D eigenvalue weighted by Crippen LogP contribution is -1.94. The van der Waals surface area contributed by atoms with Gasteiger partial charge < -0.3 is 5.11 Å². The fourth-order valence-electron chi connectivity index (χ4n) is 5.76. The molecule has 0 aliphatic carbocycles. The molecule has 2 aromatic carbocycles. The van der Waals surface area contributed by atoms with Crippen LogP contribution in [0.15, 0.2) is 113 Å². The highest BCUT2D eigenvalue weighted by Crippen LogP contribution is 2.25. The monoisotopic (exact) mass is 1930 g/mol. The molecule has 0 amide bonds. The summed E-state index contributed by atoms with van der Waals surface area (Å²) < 4.78 is 12.3. The van der Waals surface area contributed by atoms with Gasteiger partial charge in [-0.25, -0.2) is 0 Å². The summed E-state index contributed by atoms with van der Waals surface area (Å²) in [7, 11) is 0. The lowest BCUT2D eigenvalue weighted by Gasteiger charge is -1.95. The highest BCUT2D eigenvalue weighted by atomic mass is 32.2. The van der Waals surface area contributed by atoms with Gasteiger partial charge in [0.25, 0.3) is 0 Å². The van der Waals surface area contributed by atoms with Gasteiger partial charge in [0.15, 0.2) is 56.1 Å². The Morgan fingerprint density at radius 2 is 0.933 bits per heavy atom. The van der Waals surface area contributed by atoms with E-state index < -0.39 is 0 Å². The van der Waals surface area contributed by atoms with E-state index in [1.165, 1.54) is 119 Å². The number of H-pyrrole nitrogens is 12. The maximum atomic E-state index is 11.7. The molecule has 0 spiro atoms. The molecule has 0 atom stereocenters. The maximum absolute atomic E-state index is 11.7. The second-order valence-corrected chi connectivity index (χ2v) is 42.4. The van der Waals surface area contributed by atoms with Crippen molar-refractivity contribution in [3.63, 3.8) is 0 Å². The van der Waals surface area contributed by atoms with Gasteiger partial charge in [-0.3, -0.25) is 70.8 Å². The van der Waals surface area contributed by atoms with Gasteiger partial charge >= 0.3 is 0 Å². The number of aromatic nitrogens is 20. The number of carbonyl (C=O) groups excluding carboxylic acids is 2. The zero-order valence-electron chi connectivity index (χ0n) is 54.5. The summed E-state index contributed by atoms with van der Waals surface area (Å²) in [6.07, 6.45) is 6.97. The first-order valence-electron chi connectivity index (χ1n) is 28.5. The third kappa shape index (κ3) is 48.9. The van der Waals surface area contributed by atoms with Gasteiger partial charge in [-0.05, 0) is 227 Å². The molecule has 562 valence electrons. The molecule has 23 nitrogen and oxygen atoms in total. The molecular formula is C54H60N20O3S28. The lowest BCUT2D eigenvalue weighted by molar-refractivity contribution is -0.116. The first-order chi connectivity index (χ1) is 50.2. The molecule has 0 radical (unpaired) electrons. The number of rotatable bonds is 12. The lowest BCUT2D eigenvalue weighted by atomic mass is 10.2. The van der Waals surface area contributed by atoms with Crippen LogP contribution in [0.5, 0.6) is 0 Å². The van der Waals surface area contributed by atoms with Crippen molar-refractivity contribution in [2.45, 2.75) is 83.3 Å². The molecular weight excluding hydrogens is 1870 g/mol. The van der Waals surface area contributed by atoms with Crippen molar-refractivity contribution in [2.24, 2.45) is 0 Å². The molecule has 12 aromatic heterocycles. The SMILES string of the molecule is CC(=O)Cc1n[nH]c(=S)s1.CCCc1n[nH]c(=S)s1.CSc1n[nH]c(=S)s1.Cc1ccc(S)s1.Cc1n[nH]c(=S)s1.O=C(Sc1n[nH]c(=S)s1)c1ccccc1.OCCCc1n[nH]c(=S)s1.S=c1[nH][nH]c(=S)s1.S=c1[nH][nH]c(=S)s1.S=c1[nH]nc(Cc2ccccc2)s1.S=c1[nH]ncs1.Sc1cccs1. The molecule has 0 unspecified atom stereocenters. The standard InChI is InChI=1S/C9H6N2OS3.C9H8N2S2.C5H6N2OS2.C5H8N2OS2.C5H8N2S2.C5H6S2.C4H4S2.C3H4N2S3.C3H4N2S2.2C2H2N2S3.C2H2N2S2/c12-7(6-4-2-1-3-5-6)14-9-11-10-8(13)15-9;12-9-11-10-8(13-9)6-7-4-2-1-3-5-7;1-3(8)2-4-6-7-5(9)10-4;8-3-1-2-4-6-7-5(9)10-4;1-2-3-4-6-7-5(8)9-4;1-4-2-3-5(6)7-4;5-4-2-1-3-6-4;1-7-3-5-4-2(6)8-3;1-2-4-5-3(6)7-2;2*5-1-3-4-2(6)7-1;5-2-4-3-1-6-2/h1-5H,(H,10,13);1-5H,6H2,(H,11,12);2H2,1H3,(H,7,9);8H,1-3H2,(H,7,9);2-3H2,1H3,(H,7,8);2-3,6H,1H3;1-3,5H;1H3,(H,4,6);1H3,(H,5,6);2*(H,3,5)(H,4,6);1H,(H,4,5). The second-order valence-electron chi connectivity index (χ2n) is 17.9. The van der Waals surface area contributed by atoms with Crippen LogP contribution in [-0.2, 0) is 30.5 Å². The first-order valence-corrected chi connectivity index (χ1v) is 46.2. The summed E-state index contributed by atoms with van der Waals surface area (Å²) in [6, 6.07) is 27.4. The van der Waals surface area contributed by atoms with Crippen LogP contribution in [-0.4, -0.2) is 131 Å². The number of aryl methyl sites for hydroxylation is 4. The molecule has 13 N–H and O–H groups in total. The number of hydrogen-bond donors (Lipinski definition) is 15. The Morgan fingerprint density at radius 1 is 0.467 bits per heavy atom. The largest absolute Gasteiger partial charge is 0.396 e. The highest BCUT2D eigenvalue weighted by molar-refractivity contribution is 8.15. The smallest absolute Gasteiger partial charge is 0.226 e. The third-order valence-electron chi connectivity index (χ3n) is 9.79. The minimum atomic E-state index is -0.0200. The maximum Gasteiger partial charge on any atom is 0.226 e. The Bertz CT molecular complexity index is 5220. The van der Waals surface area contributed by atoms with Crippen LogP contribution in [0.4, 0.5) is 0 Å². The van der Waals surface area contributed by atoms with E-state index in [4.69, 9.17) is 140 Å². The van der Waals surface area contributed by atoms with E-state index in [0.717, 1.165) is 101 Å². The van der Waals surface area contributed by atoms with Gasteiger partial charge in [-0.15, -0.1) is 47.9 Å². The van der Waals surface area contributed by atoms with E-state index in [1.807, 2.05) is 73.2 Å². The summed E-state index contributed by atoms with van der Waals surface area (Å²) in [4.78, 5) is 23.6. The summed E-state index contributed by atoms with van der Waals surface area (Å²) in [6.45, 7) is 7.86. The van der Waals surface area contributed by atoms with E-state index >= 15 is 0 Å². The second kappa shape index (κ2) is 57.8. The molecule has 51 heteroatoms. The summed E-state index contributed by atoms with van der Waals surface area (Å²) >= 11 is 85.8. The Morgan fingerprint density at radius 3 is 1.23 bits per heavy atom. The van der Waals surface area contributed by atoms with Gasteiger partial charge in [0.05, 0.1) is 14.8 Å². The number of aliphatic hydroxyl groups excluding tert-OH is 1. The molecule has 0 aliphatic heterocycles. The zero-order chi connectivity index (χ0) is 77.3. The van der Waals surface area contributed by atoms with Gasteiger partial charge in [0, 0.05) is 36.3 Å². The number of thiophene rings is 2. The van der Waals surface area contributed by atoms with Crippen LogP contribution in [0.2, 0.25) is 0 Å². The first kappa shape index (κ1) is 96.0. The number of nitrogens with zero attached hydrogens (tertiary/aromatic N) is 8. The number of benzene rings is 2. The summed E-state index contributed by atoms with van der Waals surface area (Å²) in [5.74, 6) is 0.109. The number of aliphatic hydroxyl groups is 1. The van der Waals surface area contributed by atoms with Crippen molar-refractivity contribution >= 4 is 342 Å². The summed E-state index contributed by atoms with van der Waals surface area (Å²) in [5, 5.41) is 78.4.